The molecule has 0 aliphatic heterocycles. The van der Waals surface area contributed by atoms with E-state index in [9.17, 15) is 0 Å². The normalized spacial score (nSPS) is 10.0. The van der Waals surface area contributed by atoms with Gasteiger partial charge in [0, 0.05) is 18.1 Å². The van der Waals surface area contributed by atoms with Gasteiger partial charge in [0.25, 0.3) is 0 Å². The van der Waals surface area contributed by atoms with E-state index in [1.165, 1.54) is 12.5 Å². The van der Waals surface area contributed by atoms with Gasteiger partial charge in [-0.05, 0) is 0 Å². The highest BCUT2D eigenvalue weighted by Crippen LogP contribution is 1.89. The quantitative estimate of drug-likeness (QED) is 0.473. The van der Waals surface area contributed by atoms with Crippen molar-refractivity contribution in [1.29, 1.82) is 0 Å². The van der Waals surface area contributed by atoms with E-state index in [0.717, 1.165) is 0 Å². The molecular formula is C4H10Si2. The summed E-state index contributed by atoms with van der Waals surface area (Å²) in [6.07, 6.45) is 1.33. The van der Waals surface area contributed by atoms with Gasteiger partial charge < -0.3 is 0 Å². The van der Waals surface area contributed by atoms with Gasteiger partial charge in [-0.2, -0.15) is 0 Å². The molecule has 34 valence electrons. The molecule has 0 nitrogen and oxygen atoms in total. The van der Waals surface area contributed by atoms with Crippen LogP contribution in [-0.4, -0.2) is 18.1 Å². The van der Waals surface area contributed by atoms with Crippen molar-refractivity contribution in [3.8, 4) is 0 Å². The van der Waals surface area contributed by atoms with E-state index in [4.69, 9.17) is 0 Å². The van der Waals surface area contributed by atoms with E-state index in [1.54, 1.807) is 0 Å². The minimum absolute atomic E-state index is 0.0800. The molecule has 0 saturated heterocycles. The van der Waals surface area contributed by atoms with Gasteiger partial charge in [0.2, 0.25) is 0 Å². The van der Waals surface area contributed by atoms with Crippen LogP contribution in [0.2, 0.25) is 12.6 Å². The van der Waals surface area contributed by atoms with E-state index < -0.39 is 0 Å². The maximum absolute atomic E-state index is 3.58. The number of hydrogen-bond donors (Lipinski definition) is 0. The second kappa shape index (κ2) is 3.62. The smallest absolute Gasteiger partial charge is 0.0271 e. The van der Waals surface area contributed by atoms with Crippen molar-refractivity contribution in [1.82, 2.24) is 0 Å². The lowest BCUT2D eigenvalue weighted by molar-refractivity contribution is 1.07. The van der Waals surface area contributed by atoms with E-state index in [2.05, 4.69) is 23.2 Å². The molecular weight excluding hydrogens is 104 g/mol. The summed E-state index contributed by atoms with van der Waals surface area (Å²) in [4.78, 5) is 0. The largest absolute Gasteiger partial charge is 0.0738 e. The van der Waals surface area contributed by atoms with Crippen LogP contribution in [0.25, 0.3) is 0 Å². The highest BCUT2D eigenvalue weighted by molar-refractivity contribution is 7.02. The summed E-state index contributed by atoms with van der Waals surface area (Å²) in [5.74, 6) is 0. The number of hydrogen-bond acceptors (Lipinski definition) is 0. The number of rotatable bonds is 2. The molecule has 0 aromatic rings. The van der Waals surface area contributed by atoms with Crippen molar-refractivity contribution in [2.24, 2.45) is 0 Å². The van der Waals surface area contributed by atoms with Gasteiger partial charge >= 0.3 is 0 Å². The fourth-order valence-corrected chi connectivity index (χ4v) is 1.87. The van der Waals surface area contributed by atoms with E-state index in [-0.39, 0.29) is 8.31 Å². The topological polar surface area (TPSA) is 0 Å². The zero-order chi connectivity index (χ0) is 4.99. The lowest BCUT2D eigenvalue weighted by Gasteiger charge is -1.93. The molecule has 0 saturated carbocycles. The first-order valence-corrected chi connectivity index (χ1v) is 6.02. The van der Waals surface area contributed by atoms with E-state index in [0.29, 0.717) is 0 Å². The van der Waals surface area contributed by atoms with Gasteiger partial charge in [0.1, 0.15) is 0 Å². The molecule has 0 atom stereocenters. The molecule has 0 bridgehead atoms. The Balaban J connectivity index is 2.63. The summed E-state index contributed by atoms with van der Waals surface area (Å²) < 4.78 is 0. The van der Waals surface area contributed by atoms with Crippen molar-refractivity contribution < 1.29 is 0 Å². The lowest BCUT2D eigenvalue weighted by atomic mass is 10.6. The fraction of sp³-hybridized carbons (Fsp3) is 1.00. The van der Waals surface area contributed by atoms with Crippen molar-refractivity contribution in [3.05, 3.63) is 0 Å². The molecule has 0 aliphatic carbocycles. The Morgan fingerprint density at radius 1 is 1.67 bits per heavy atom. The summed E-state index contributed by atoms with van der Waals surface area (Å²) in [5.41, 5.74) is 0. The highest BCUT2D eigenvalue weighted by Gasteiger charge is 1.88. The molecule has 4 radical (unpaired) electrons. The Kier molecular flexibility index (Phi) is 3.88. The van der Waals surface area contributed by atoms with Gasteiger partial charge in [-0.1, -0.05) is 25.9 Å². The second-order valence-corrected chi connectivity index (χ2v) is 6.15. The van der Waals surface area contributed by atoms with Crippen LogP contribution in [0.5, 0.6) is 0 Å². The standard InChI is InChI=1S/C4H10Si2/c1-3-4-6(2)5/h3-4H2,1-2H3. The molecule has 0 N–H and O–H groups in total. The summed E-state index contributed by atoms with van der Waals surface area (Å²) in [5, 5.41) is 0. The van der Waals surface area contributed by atoms with Crippen LogP contribution in [0.1, 0.15) is 13.3 Å². The van der Waals surface area contributed by atoms with Crippen molar-refractivity contribution in [2.45, 2.75) is 25.9 Å². The van der Waals surface area contributed by atoms with Crippen LogP contribution >= 0.6 is 0 Å². The predicted octanol–water partition coefficient (Wildman–Crippen LogP) is 1.19. The first kappa shape index (κ1) is 6.43. The Labute approximate surface area is 44.8 Å². The summed E-state index contributed by atoms with van der Waals surface area (Å²) in [6.45, 7) is 4.49. The third-order valence-electron chi connectivity index (χ3n) is 0.625. The summed E-state index contributed by atoms with van der Waals surface area (Å²) in [7, 11) is 3.50. The Morgan fingerprint density at radius 2 is 2.17 bits per heavy atom. The monoisotopic (exact) mass is 114 g/mol. The molecule has 0 fully saturated rings. The van der Waals surface area contributed by atoms with Gasteiger partial charge in [-0.25, -0.2) is 0 Å². The average molecular weight is 114 g/mol. The Morgan fingerprint density at radius 3 is 2.17 bits per heavy atom. The molecule has 0 aliphatic rings. The highest BCUT2D eigenvalue weighted by atomic mass is 29.1. The average Bonchev–Trinajstić information content (AvgIpc) is 1.35. The van der Waals surface area contributed by atoms with Gasteiger partial charge in [-0.3, -0.25) is 0 Å². The van der Waals surface area contributed by atoms with Crippen molar-refractivity contribution in [2.75, 3.05) is 0 Å². The Bertz CT molecular complexity index is 26.7. The van der Waals surface area contributed by atoms with Crippen LogP contribution in [0.4, 0.5) is 0 Å². The molecule has 0 unspecified atom stereocenters. The summed E-state index contributed by atoms with van der Waals surface area (Å²) in [6, 6.07) is 1.39. The zero-order valence-corrected chi connectivity index (χ0v) is 6.41. The first-order chi connectivity index (χ1) is 2.77. The van der Waals surface area contributed by atoms with E-state index in [1.807, 2.05) is 0 Å². The second-order valence-electron chi connectivity index (χ2n) is 1.53. The molecule has 0 aromatic heterocycles. The van der Waals surface area contributed by atoms with Crippen LogP contribution in [0.15, 0.2) is 0 Å². The summed E-state index contributed by atoms with van der Waals surface area (Å²) >= 11 is 0. The Hall–Kier alpha value is 0.434. The van der Waals surface area contributed by atoms with Crippen LogP contribution in [0.3, 0.4) is 0 Å². The van der Waals surface area contributed by atoms with Gasteiger partial charge in [0.15, 0.2) is 0 Å². The van der Waals surface area contributed by atoms with Crippen LogP contribution in [0, 0.1) is 0 Å². The minimum Gasteiger partial charge on any atom is -0.0738 e. The van der Waals surface area contributed by atoms with Crippen molar-refractivity contribution >= 4 is 18.1 Å². The molecule has 0 aromatic carbocycles. The molecule has 6 heavy (non-hydrogen) atoms. The predicted molar refractivity (Wildman–Crippen MR) is 32.5 cm³/mol. The third kappa shape index (κ3) is 4.43. The maximum atomic E-state index is 3.58. The van der Waals surface area contributed by atoms with Crippen molar-refractivity contribution in [3.63, 3.8) is 0 Å². The van der Waals surface area contributed by atoms with E-state index >= 15 is 0 Å². The van der Waals surface area contributed by atoms with Crippen LogP contribution in [-0.2, 0) is 0 Å². The first-order valence-electron chi connectivity index (χ1n) is 2.31. The lowest BCUT2D eigenvalue weighted by Crippen LogP contribution is -2.03. The third-order valence-corrected chi connectivity index (χ3v) is 2.62. The SMILES string of the molecule is CCC[Si](C)[Si]. The molecule has 0 amide bonds. The molecule has 2 heteroatoms. The van der Waals surface area contributed by atoms with Gasteiger partial charge in [0.05, 0.1) is 0 Å². The minimum atomic E-state index is -0.0800. The maximum Gasteiger partial charge on any atom is 0.0271 e. The molecule has 0 spiro atoms. The van der Waals surface area contributed by atoms with Gasteiger partial charge in [-0.15, -0.1) is 0 Å². The molecule has 0 heterocycles. The molecule has 0 rings (SSSR count). The fourth-order valence-electron chi connectivity index (χ4n) is 0.375. The van der Waals surface area contributed by atoms with Crippen LogP contribution < -0.4 is 0 Å². The zero-order valence-electron chi connectivity index (χ0n) is 4.41.